The normalized spacial score (nSPS) is 32.6. The van der Waals surface area contributed by atoms with E-state index in [1.807, 2.05) is 0 Å². The fourth-order valence-electron chi connectivity index (χ4n) is 1.75. The Labute approximate surface area is 64.3 Å². The average molecular weight is 138 g/mol. The van der Waals surface area contributed by atoms with Gasteiger partial charge in [0, 0.05) is 0 Å². The van der Waals surface area contributed by atoms with Gasteiger partial charge >= 0.3 is 0 Å². The van der Waals surface area contributed by atoms with E-state index in [-0.39, 0.29) is 0 Å². The van der Waals surface area contributed by atoms with Crippen LogP contribution < -0.4 is 0 Å². The highest BCUT2D eigenvalue weighted by Gasteiger charge is 2.15. The minimum absolute atomic E-state index is 0.888. The fourth-order valence-corrected chi connectivity index (χ4v) is 1.75. The first-order chi connectivity index (χ1) is 4.84. The van der Waals surface area contributed by atoms with E-state index in [1.165, 1.54) is 25.7 Å². The molecule has 0 bridgehead atoms. The lowest BCUT2D eigenvalue weighted by atomic mass is 9.83. The van der Waals surface area contributed by atoms with Gasteiger partial charge in [0.15, 0.2) is 0 Å². The lowest BCUT2D eigenvalue weighted by Gasteiger charge is -2.23. The zero-order valence-electron chi connectivity index (χ0n) is 7.14. The van der Waals surface area contributed by atoms with Gasteiger partial charge in [-0.1, -0.05) is 32.4 Å². The van der Waals surface area contributed by atoms with Gasteiger partial charge in [0.2, 0.25) is 0 Å². The van der Waals surface area contributed by atoms with Crippen LogP contribution in [0.2, 0.25) is 0 Å². The summed E-state index contributed by atoms with van der Waals surface area (Å²) in [4.78, 5) is 0. The van der Waals surface area contributed by atoms with Crippen molar-refractivity contribution in [1.29, 1.82) is 0 Å². The molecular formula is C10H18. The van der Waals surface area contributed by atoms with Crippen LogP contribution in [0, 0.1) is 11.8 Å². The van der Waals surface area contributed by atoms with Crippen LogP contribution in [0.1, 0.15) is 39.5 Å². The van der Waals surface area contributed by atoms with E-state index >= 15 is 0 Å². The second-order valence-corrected chi connectivity index (χ2v) is 3.44. The Hall–Kier alpha value is -0.260. The molecule has 0 aromatic carbocycles. The minimum Gasteiger partial charge on any atom is -0.0882 e. The highest BCUT2D eigenvalue weighted by atomic mass is 14.2. The zero-order chi connectivity index (χ0) is 7.40. The molecule has 0 amide bonds. The summed E-state index contributed by atoms with van der Waals surface area (Å²) in [6.45, 7) is 4.65. The lowest BCUT2D eigenvalue weighted by molar-refractivity contribution is 0.364. The molecule has 1 aliphatic carbocycles. The first-order valence-corrected chi connectivity index (χ1v) is 4.51. The van der Waals surface area contributed by atoms with Gasteiger partial charge in [-0.15, -0.1) is 0 Å². The third-order valence-electron chi connectivity index (χ3n) is 2.52. The van der Waals surface area contributed by atoms with Crippen LogP contribution in [0.15, 0.2) is 12.2 Å². The molecule has 0 heterocycles. The molecule has 1 aliphatic rings. The molecule has 0 fully saturated rings. The Morgan fingerprint density at radius 3 is 2.90 bits per heavy atom. The van der Waals surface area contributed by atoms with Crippen molar-refractivity contribution in [3.8, 4) is 0 Å². The molecule has 0 heteroatoms. The van der Waals surface area contributed by atoms with Crippen molar-refractivity contribution in [3.05, 3.63) is 12.2 Å². The predicted molar refractivity (Wildman–Crippen MR) is 45.9 cm³/mol. The Morgan fingerprint density at radius 2 is 2.30 bits per heavy atom. The Bertz CT molecular complexity index is 113. The molecule has 0 aromatic rings. The summed E-state index contributed by atoms with van der Waals surface area (Å²) in [7, 11) is 0. The molecule has 0 saturated carbocycles. The molecule has 0 nitrogen and oxygen atoms in total. The van der Waals surface area contributed by atoms with Gasteiger partial charge in [-0.05, 0) is 31.1 Å². The van der Waals surface area contributed by atoms with E-state index in [9.17, 15) is 0 Å². The van der Waals surface area contributed by atoms with Crippen LogP contribution in [-0.2, 0) is 0 Å². The maximum absolute atomic E-state index is 2.41. The summed E-state index contributed by atoms with van der Waals surface area (Å²) in [5.74, 6) is 1.82. The molecule has 0 aliphatic heterocycles. The van der Waals surface area contributed by atoms with Crippen LogP contribution in [0.4, 0.5) is 0 Å². The predicted octanol–water partition coefficient (Wildman–Crippen LogP) is 3.39. The van der Waals surface area contributed by atoms with Crippen LogP contribution >= 0.6 is 0 Å². The Balaban J connectivity index is 2.39. The standard InChI is InChI=1S/C10H18/c1-3-6-10-8-5-4-7-9(10)2/h5,8-10H,3-4,6-7H2,1-2H3. The summed E-state index contributed by atoms with van der Waals surface area (Å²) in [5.41, 5.74) is 0. The van der Waals surface area contributed by atoms with Gasteiger partial charge in [0.25, 0.3) is 0 Å². The van der Waals surface area contributed by atoms with Crippen molar-refractivity contribution in [1.82, 2.24) is 0 Å². The number of rotatable bonds is 2. The number of allylic oxidation sites excluding steroid dienone is 2. The number of hydrogen-bond acceptors (Lipinski definition) is 0. The molecule has 0 N–H and O–H groups in total. The minimum atomic E-state index is 0.888. The highest BCUT2D eigenvalue weighted by Crippen LogP contribution is 2.27. The van der Waals surface area contributed by atoms with Gasteiger partial charge in [-0.25, -0.2) is 0 Å². The molecular weight excluding hydrogens is 120 g/mol. The molecule has 0 aromatic heterocycles. The third-order valence-corrected chi connectivity index (χ3v) is 2.52. The van der Waals surface area contributed by atoms with E-state index in [2.05, 4.69) is 26.0 Å². The second kappa shape index (κ2) is 3.80. The summed E-state index contributed by atoms with van der Waals surface area (Å²) >= 11 is 0. The molecule has 2 atom stereocenters. The van der Waals surface area contributed by atoms with E-state index in [0.29, 0.717) is 0 Å². The number of hydrogen-bond donors (Lipinski definition) is 0. The molecule has 1 rings (SSSR count). The topological polar surface area (TPSA) is 0 Å². The summed E-state index contributed by atoms with van der Waals surface area (Å²) in [5, 5.41) is 0. The fraction of sp³-hybridized carbons (Fsp3) is 0.800. The molecule has 0 radical (unpaired) electrons. The zero-order valence-corrected chi connectivity index (χ0v) is 7.14. The van der Waals surface area contributed by atoms with Crippen molar-refractivity contribution in [3.63, 3.8) is 0 Å². The van der Waals surface area contributed by atoms with E-state index in [0.717, 1.165) is 11.8 Å². The maximum atomic E-state index is 2.41. The summed E-state index contributed by atoms with van der Waals surface area (Å²) in [6, 6.07) is 0. The van der Waals surface area contributed by atoms with Crippen molar-refractivity contribution >= 4 is 0 Å². The monoisotopic (exact) mass is 138 g/mol. The van der Waals surface area contributed by atoms with Crippen LogP contribution in [-0.4, -0.2) is 0 Å². The largest absolute Gasteiger partial charge is 0.0882 e. The Kier molecular flexibility index (Phi) is 2.98. The van der Waals surface area contributed by atoms with Gasteiger partial charge < -0.3 is 0 Å². The summed E-state index contributed by atoms with van der Waals surface area (Å²) in [6.07, 6.45) is 10.2. The second-order valence-electron chi connectivity index (χ2n) is 3.44. The molecule has 0 saturated heterocycles. The van der Waals surface area contributed by atoms with Crippen molar-refractivity contribution in [2.75, 3.05) is 0 Å². The van der Waals surface area contributed by atoms with Gasteiger partial charge in [-0.2, -0.15) is 0 Å². The quantitative estimate of drug-likeness (QED) is 0.513. The molecule has 2 unspecified atom stereocenters. The SMILES string of the molecule is CCCC1C=CCCC1C. The smallest absolute Gasteiger partial charge is 0.0208 e. The van der Waals surface area contributed by atoms with Gasteiger partial charge in [-0.3, -0.25) is 0 Å². The Morgan fingerprint density at radius 1 is 1.50 bits per heavy atom. The third kappa shape index (κ3) is 1.86. The van der Waals surface area contributed by atoms with Crippen molar-refractivity contribution < 1.29 is 0 Å². The van der Waals surface area contributed by atoms with Gasteiger partial charge in [0.05, 0.1) is 0 Å². The van der Waals surface area contributed by atoms with Crippen molar-refractivity contribution in [2.24, 2.45) is 11.8 Å². The highest BCUT2D eigenvalue weighted by molar-refractivity contribution is 4.95. The molecule has 10 heavy (non-hydrogen) atoms. The average Bonchev–Trinajstić information content (AvgIpc) is 1.94. The van der Waals surface area contributed by atoms with E-state index < -0.39 is 0 Å². The van der Waals surface area contributed by atoms with Crippen LogP contribution in [0.25, 0.3) is 0 Å². The first kappa shape index (κ1) is 7.84. The molecule has 0 spiro atoms. The van der Waals surface area contributed by atoms with Gasteiger partial charge in [0.1, 0.15) is 0 Å². The van der Waals surface area contributed by atoms with Crippen LogP contribution in [0.5, 0.6) is 0 Å². The first-order valence-electron chi connectivity index (χ1n) is 4.51. The molecule has 58 valence electrons. The van der Waals surface area contributed by atoms with E-state index in [4.69, 9.17) is 0 Å². The van der Waals surface area contributed by atoms with Crippen LogP contribution in [0.3, 0.4) is 0 Å². The summed E-state index contributed by atoms with van der Waals surface area (Å²) < 4.78 is 0. The maximum Gasteiger partial charge on any atom is -0.0208 e. The lowest BCUT2D eigenvalue weighted by Crippen LogP contribution is -2.11. The van der Waals surface area contributed by atoms with Crippen molar-refractivity contribution in [2.45, 2.75) is 39.5 Å². The van der Waals surface area contributed by atoms with E-state index in [1.54, 1.807) is 0 Å².